The first-order chi connectivity index (χ1) is 64.7. The molecule has 3 aromatic carbocycles. The number of para-hydroxylation sites is 2. The number of imidazole rings is 1. The summed E-state index contributed by atoms with van der Waals surface area (Å²) in [5.41, 5.74) is 7.48. The van der Waals surface area contributed by atoms with Gasteiger partial charge in [0.25, 0.3) is 0 Å². The summed E-state index contributed by atoms with van der Waals surface area (Å²) in [6.45, 7) is 3.45. The highest BCUT2D eigenvalue weighted by atomic mass is 32.2. The molecule has 1 saturated carbocycles. The van der Waals surface area contributed by atoms with Crippen molar-refractivity contribution in [1.29, 1.82) is 0 Å². The van der Waals surface area contributed by atoms with E-state index in [0.717, 1.165) is 31.4 Å². The van der Waals surface area contributed by atoms with Gasteiger partial charge in [0.15, 0.2) is 5.78 Å². The number of aromatic nitrogens is 4. The molecule has 10 rings (SSSR count). The molecule has 16 atom stereocenters. The minimum atomic E-state index is -5.43. The topological polar surface area (TPSA) is 589 Å². The summed E-state index contributed by atoms with van der Waals surface area (Å²) >= 11 is 0.762. The van der Waals surface area contributed by atoms with Crippen LogP contribution in [0.5, 0.6) is 5.75 Å². The van der Waals surface area contributed by atoms with E-state index < -0.39 is 272 Å². The van der Waals surface area contributed by atoms with Gasteiger partial charge >= 0.3 is 12.1 Å². The Morgan fingerprint density at radius 3 is 1.78 bits per heavy atom. The molecule has 2 bridgehead atoms. The number of aromatic hydroxyl groups is 1. The third-order valence-corrected chi connectivity index (χ3v) is 26.0. The third kappa shape index (κ3) is 27.5. The summed E-state index contributed by atoms with van der Waals surface area (Å²) in [7, 11) is 3.87. The quantitative estimate of drug-likeness (QED) is 0.0504. The van der Waals surface area contributed by atoms with Crippen LogP contribution in [0.25, 0.3) is 21.8 Å². The molecule has 16 amide bonds. The first kappa shape index (κ1) is 105. The molecule has 4 fully saturated rings. The number of nitrogens with zero attached hydrogens (tertiary/aromatic N) is 6. The lowest BCUT2D eigenvalue weighted by molar-refractivity contribution is -0.149. The highest BCUT2D eigenvalue weighted by Crippen LogP contribution is 2.35. The lowest BCUT2D eigenvalue weighted by Gasteiger charge is -2.36. The maximum Gasteiger partial charge on any atom is 0.472 e. The summed E-state index contributed by atoms with van der Waals surface area (Å²) in [4.78, 5) is 278. The number of halogens is 3. The first-order valence-corrected chi connectivity index (χ1v) is 46.4. The van der Waals surface area contributed by atoms with Crippen LogP contribution >= 0.6 is 11.8 Å². The number of alkyl halides is 3. The van der Waals surface area contributed by atoms with Gasteiger partial charge < -0.3 is 109 Å². The number of Topliss-reactive ketones (excluding diaryl/α,β-unsaturated/α-hetero) is 1. The number of primary amides is 1. The second-order valence-electron chi connectivity index (χ2n) is 34.8. The van der Waals surface area contributed by atoms with Gasteiger partial charge in [-0.2, -0.15) is 13.2 Å². The van der Waals surface area contributed by atoms with Crippen LogP contribution in [0, 0.1) is 11.8 Å². The van der Waals surface area contributed by atoms with Gasteiger partial charge in [0, 0.05) is 131 Å². The van der Waals surface area contributed by atoms with Crippen molar-refractivity contribution in [3.8, 4) is 5.75 Å². The highest BCUT2D eigenvalue weighted by Gasteiger charge is 2.48. The number of phenolic OH excluding ortho intramolecular Hbond substituents is 1. The van der Waals surface area contributed by atoms with Crippen LogP contribution in [0.1, 0.15) is 145 Å². The van der Waals surface area contributed by atoms with E-state index in [4.69, 9.17) is 5.73 Å². The zero-order valence-electron chi connectivity index (χ0n) is 76.4. The number of H-pyrrole nitrogens is 2. The van der Waals surface area contributed by atoms with Gasteiger partial charge in [0.05, 0.1) is 36.7 Å². The van der Waals surface area contributed by atoms with Gasteiger partial charge in [-0.1, -0.05) is 94.5 Å². The fraction of sp³-hybridized carbons (Fsp3) is 0.527. The molecule has 0 spiro atoms. The molecule has 1 unspecified atom stereocenters. The zero-order valence-corrected chi connectivity index (χ0v) is 77.3. The van der Waals surface area contributed by atoms with Crippen molar-refractivity contribution in [3.63, 3.8) is 0 Å². The van der Waals surface area contributed by atoms with Gasteiger partial charge in [-0.3, -0.25) is 90.9 Å². The molecule has 3 aliphatic heterocycles. The van der Waals surface area contributed by atoms with Crippen LogP contribution in [-0.4, -0.2) is 310 Å². The molecule has 1 aliphatic carbocycles. The molecule has 6 aromatic rings. The summed E-state index contributed by atoms with van der Waals surface area (Å²) in [5.74, 6) is -22.5. The Morgan fingerprint density at radius 1 is 0.574 bits per heavy atom. The molecule has 3 saturated heterocycles. The average molecular weight is 1920 g/mol. The number of thioether (sulfide) groups is 1. The van der Waals surface area contributed by atoms with Gasteiger partial charge in [0.1, 0.15) is 84.6 Å². The Balaban J connectivity index is 1.03. The summed E-state index contributed by atoms with van der Waals surface area (Å²) in [6, 6.07) is -1.82. The average Bonchev–Trinajstić information content (AvgIpc) is 1.70. The Kier molecular flexibility index (Phi) is 37.1. The van der Waals surface area contributed by atoms with Crippen LogP contribution in [0.15, 0.2) is 97.7 Å². The number of ketones is 1. The third-order valence-electron chi connectivity index (χ3n) is 25.0. The van der Waals surface area contributed by atoms with E-state index >= 15 is 43.2 Å². The van der Waals surface area contributed by atoms with Gasteiger partial charge in [-0.05, 0) is 99.7 Å². The molecule has 6 heterocycles. The number of aliphatic hydroxyl groups excluding tert-OH is 2. The number of phenols is 1. The molecule has 136 heavy (non-hydrogen) atoms. The van der Waals surface area contributed by atoms with Gasteiger partial charge in [0.2, 0.25) is 94.5 Å². The number of nitrogens with two attached hydrogens (primary N) is 1. The van der Waals surface area contributed by atoms with Crippen molar-refractivity contribution >= 4 is 140 Å². The van der Waals surface area contributed by atoms with Crippen molar-refractivity contribution in [2.45, 2.75) is 234 Å². The number of fused-ring (bicyclic) bond motifs is 12. The lowest BCUT2D eigenvalue weighted by Crippen LogP contribution is -2.61. The molecule has 4 aliphatic rings. The van der Waals surface area contributed by atoms with Crippen LogP contribution in [-0.2, 0) is 107 Å². The number of hydrogen-bond acceptors (Lipinski definition) is 23. The molecule has 3 aromatic heterocycles. The van der Waals surface area contributed by atoms with Crippen LogP contribution in [0.2, 0.25) is 0 Å². The fourth-order valence-electron chi connectivity index (χ4n) is 17.2. The van der Waals surface area contributed by atoms with Crippen molar-refractivity contribution in [1.82, 2.24) is 97.6 Å². The number of rotatable bonds is 18. The van der Waals surface area contributed by atoms with Crippen molar-refractivity contribution in [2.75, 3.05) is 58.9 Å². The molecule has 41 nitrogen and oxygen atoms in total. The number of unbranched alkanes of at least 4 members (excludes halogenated alkanes) is 2. The SMILES string of the molecule is CCCC[C@H]1C(=O)N(C)[C@@H](CCCC)C(=O)N[C@@H](C)C(=O)N[C@H](C(=O)NCC(N)=O)CSCC(=O)N[C@@H](Cc2ccc(O)cc2)C(=O)N(C)[C@@H](C)C(=O)N[C@H]2CCC(=O)NCCC[C@@H](NC(=O)[C@H](Cc3cn(C(=O)C(F)(F)F)cn3)NC(=O)[C@@H]3CCCC3C2=O)C(=O)N2C[C@H](O)C[C@H]2C(=O)N[C@@H](Cc2c[nH]c3ccccc23)C(=O)N[C@@H](CO)C(=O)N[C@@H](Cc2c[nH]c3ccccc23)C(=O)N1C. The Hall–Kier alpha value is -13.3. The number of benzene rings is 3. The number of carbonyl (C=O) groups is 18. The van der Waals surface area contributed by atoms with E-state index in [9.17, 15) is 71.6 Å². The second-order valence-corrected chi connectivity index (χ2v) is 35.8. The predicted octanol–water partition coefficient (Wildman–Crippen LogP) is -0.733. The van der Waals surface area contributed by atoms with Gasteiger partial charge in [-0.25, -0.2) is 4.98 Å². The molecular formula is C91H119F3N20O21S. The van der Waals surface area contributed by atoms with Crippen molar-refractivity contribution in [2.24, 2.45) is 17.6 Å². The van der Waals surface area contributed by atoms with Crippen LogP contribution in [0.4, 0.5) is 13.2 Å². The van der Waals surface area contributed by atoms with Crippen molar-refractivity contribution < 1.29 is 115 Å². The van der Waals surface area contributed by atoms with E-state index in [-0.39, 0.29) is 80.3 Å². The summed E-state index contributed by atoms with van der Waals surface area (Å²) in [5, 5.41) is 62.7. The highest BCUT2D eigenvalue weighted by molar-refractivity contribution is 8.00. The zero-order chi connectivity index (χ0) is 99.1. The largest absolute Gasteiger partial charge is 0.508 e. The Labute approximate surface area is 784 Å². The number of amides is 16. The number of aromatic amines is 2. The number of nitrogens with one attached hydrogen (secondary N) is 13. The molecule has 18 N–H and O–H groups in total. The monoisotopic (exact) mass is 1920 g/mol. The molecule has 0 radical (unpaired) electrons. The number of likely N-dealkylation sites (N-methyl/N-ethyl adjacent to an activating group) is 3. The van der Waals surface area contributed by atoms with E-state index in [1.807, 2.05) is 13.8 Å². The van der Waals surface area contributed by atoms with Gasteiger partial charge in [-0.15, -0.1) is 11.8 Å². The number of aliphatic hydroxyl groups is 2. The van der Waals surface area contributed by atoms with E-state index in [0.29, 0.717) is 76.7 Å². The van der Waals surface area contributed by atoms with Crippen LogP contribution < -0.4 is 64.2 Å². The number of hydrogen-bond donors (Lipinski definition) is 17. The van der Waals surface area contributed by atoms with E-state index in [1.165, 1.54) is 59.3 Å². The van der Waals surface area contributed by atoms with E-state index in [1.54, 1.807) is 60.9 Å². The Bertz CT molecular complexity index is 5380. The minimum Gasteiger partial charge on any atom is -0.508 e. The standard InChI is InChI=1S/C91H119F3N20O21S/c1-8-10-25-70-84(129)101-48(3)77(122)109-69(80(125)99-41-73(95)118)45-136-46-75(120)102-66(34-50-27-29-54(116)30-28-50)86(131)110(5)49(4)78(123)103-62-31-32-74(119)96-33-17-24-63(104-82(127)65(105-79(124)59-21-16-20-58(59)76(62)121)37-53-42-113(47-100-53)90(135)91(92,93)94)88(133)114-43-55(117)38-72(114)85(130)106-64(35-51-39-97-60-22-14-12-18-56(51)60)81(126)108-68(44-115)83(128)107-67(36-52-40-98-61-23-15-13-19-57(52)61)87(132)112(7)71(26-11-9-2)89(134)111(70)6/h12-15,18-19,22-23,27-30,39-40,42,47-49,55,58-59,62-72,97-98,115-117H,8-11,16-17,20-21,24-26,31-38,41,43-46H2,1-7H3,(H2,95,118)(H,96,119)(H,99,125)(H,101,129)(H,102,120)(H,103,123)(H,104,127)(H,105,124)(H,106,130)(H,107,128)(H,108,126)(H,109,122)/t48-,49-,55+,58?,59+,62-,63+,64-,65-,66-,67-,68-,69-,70-,71-,72-/m0/s1. The van der Waals surface area contributed by atoms with Crippen LogP contribution in [0.3, 0.4) is 0 Å². The lowest BCUT2D eigenvalue weighted by atomic mass is 9.86. The Morgan fingerprint density at radius 2 is 1.14 bits per heavy atom. The van der Waals surface area contributed by atoms with Crippen molar-refractivity contribution in [3.05, 3.63) is 120 Å². The summed E-state index contributed by atoms with van der Waals surface area (Å²) < 4.78 is 41.8. The normalized spacial score (nSPS) is 26.1. The maximum atomic E-state index is 15.7. The minimum absolute atomic E-state index is 0.00685. The number of carbonyl (C=O) groups excluding carboxylic acids is 18. The molecular weight excluding hydrogens is 1800 g/mol. The first-order valence-electron chi connectivity index (χ1n) is 45.3. The summed E-state index contributed by atoms with van der Waals surface area (Å²) in [6.07, 6.45) is -4.75. The molecule has 45 heteroatoms. The fourth-order valence-corrected chi connectivity index (χ4v) is 18.0. The molecule has 736 valence electrons. The van der Waals surface area contributed by atoms with E-state index in [2.05, 4.69) is 73.4 Å². The maximum absolute atomic E-state index is 15.7. The predicted molar refractivity (Wildman–Crippen MR) is 486 cm³/mol. The second kappa shape index (κ2) is 48.2. The smallest absolute Gasteiger partial charge is 0.472 e.